The van der Waals surface area contributed by atoms with E-state index >= 15 is 0 Å². The lowest BCUT2D eigenvalue weighted by molar-refractivity contribution is -0.119. The molecule has 2 amide bonds. The molecule has 7 nitrogen and oxygen atoms in total. The Balaban J connectivity index is 1.96. The standard InChI is InChI=1S/C14H15N3O4/c1-9-7-12(21-17-9)14(19)16-11-5-3-10(4-6-11)15-13(18)8-20-2/h3-7H,8H2,1-2H3,(H,15,18)(H,16,19). The molecule has 0 atom stereocenters. The number of ether oxygens (including phenoxy) is 1. The Labute approximate surface area is 121 Å². The molecular formula is C14H15N3O4. The van der Waals surface area contributed by atoms with Crippen LogP contribution in [0.3, 0.4) is 0 Å². The van der Waals surface area contributed by atoms with Crippen LogP contribution in [0.5, 0.6) is 0 Å². The third-order valence-electron chi connectivity index (χ3n) is 2.55. The Morgan fingerprint density at radius 2 is 1.81 bits per heavy atom. The summed E-state index contributed by atoms with van der Waals surface area (Å²) < 4.78 is 9.59. The molecule has 110 valence electrons. The van der Waals surface area contributed by atoms with E-state index in [1.165, 1.54) is 7.11 Å². The van der Waals surface area contributed by atoms with Crippen molar-refractivity contribution in [3.8, 4) is 0 Å². The number of methoxy groups -OCH3 is 1. The van der Waals surface area contributed by atoms with Crippen molar-refractivity contribution < 1.29 is 18.8 Å². The lowest BCUT2D eigenvalue weighted by atomic mass is 10.2. The van der Waals surface area contributed by atoms with Crippen LogP contribution in [0.1, 0.15) is 16.2 Å². The molecule has 2 N–H and O–H groups in total. The lowest BCUT2D eigenvalue weighted by Gasteiger charge is -2.06. The molecule has 0 aliphatic heterocycles. The molecule has 0 saturated heterocycles. The van der Waals surface area contributed by atoms with Crippen LogP contribution >= 0.6 is 0 Å². The van der Waals surface area contributed by atoms with Gasteiger partial charge in [0.1, 0.15) is 6.61 Å². The van der Waals surface area contributed by atoms with Crippen molar-refractivity contribution in [1.82, 2.24) is 5.16 Å². The quantitative estimate of drug-likeness (QED) is 0.875. The van der Waals surface area contributed by atoms with Crippen molar-refractivity contribution in [1.29, 1.82) is 0 Å². The Hall–Kier alpha value is -2.67. The Kier molecular flexibility index (Phi) is 4.68. The highest BCUT2D eigenvalue weighted by Gasteiger charge is 2.11. The minimum atomic E-state index is -0.383. The molecule has 2 rings (SSSR count). The van der Waals surface area contributed by atoms with E-state index in [0.717, 1.165) is 0 Å². The summed E-state index contributed by atoms with van der Waals surface area (Å²) in [7, 11) is 1.45. The number of aromatic nitrogens is 1. The average molecular weight is 289 g/mol. The topological polar surface area (TPSA) is 93.5 Å². The predicted molar refractivity (Wildman–Crippen MR) is 76.1 cm³/mol. The molecule has 0 bridgehead atoms. The molecule has 0 unspecified atom stereocenters. The first-order valence-corrected chi connectivity index (χ1v) is 6.22. The van der Waals surface area contributed by atoms with Gasteiger partial charge >= 0.3 is 0 Å². The number of nitrogens with one attached hydrogen (secondary N) is 2. The smallest absolute Gasteiger partial charge is 0.294 e. The van der Waals surface area contributed by atoms with Gasteiger partial charge in [0, 0.05) is 24.6 Å². The van der Waals surface area contributed by atoms with Crippen LogP contribution in [0.2, 0.25) is 0 Å². The van der Waals surface area contributed by atoms with Gasteiger partial charge < -0.3 is 19.9 Å². The van der Waals surface area contributed by atoms with Crippen molar-refractivity contribution in [3.63, 3.8) is 0 Å². The summed E-state index contributed by atoms with van der Waals surface area (Å²) >= 11 is 0. The SMILES string of the molecule is COCC(=O)Nc1ccc(NC(=O)c2cc(C)no2)cc1. The van der Waals surface area contributed by atoms with Crippen LogP contribution < -0.4 is 10.6 Å². The first kappa shape index (κ1) is 14.7. The first-order valence-electron chi connectivity index (χ1n) is 6.22. The Morgan fingerprint density at radius 1 is 1.19 bits per heavy atom. The summed E-state index contributed by atoms with van der Waals surface area (Å²) in [6.07, 6.45) is 0. The maximum Gasteiger partial charge on any atom is 0.294 e. The number of benzene rings is 1. The van der Waals surface area contributed by atoms with Crippen molar-refractivity contribution >= 4 is 23.2 Å². The van der Waals surface area contributed by atoms with Crippen LogP contribution in [-0.2, 0) is 9.53 Å². The van der Waals surface area contributed by atoms with Crippen molar-refractivity contribution in [3.05, 3.63) is 41.8 Å². The number of carbonyl (C=O) groups excluding carboxylic acids is 2. The van der Waals surface area contributed by atoms with Gasteiger partial charge in [0.25, 0.3) is 5.91 Å². The van der Waals surface area contributed by atoms with Gasteiger partial charge in [-0.2, -0.15) is 0 Å². The number of carbonyl (C=O) groups is 2. The van der Waals surface area contributed by atoms with Gasteiger partial charge in [-0.05, 0) is 31.2 Å². The van der Waals surface area contributed by atoms with E-state index in [2.05, 4.69) is 15.8 Å². The second kappa shape index (κ2) is 6.67. The number of anilines is 2. The fourth-order valence-electron chi connectivity index (χ4n) is 1.63. The Bertz CT molecular complexity index is 634. The van der Waals surface area contributed by atoms with Crippen LogP contribution in [0.15, 0.2) is 34.9 Å². The summed E-state index contributed by atoms with van der Waals surface area (Å²) in [5, 5.41) is 8.97. The first-order chi connectivity index (χ1) is 10.1. The molecule has 21 heavy (non-hydrogen) atoms. The monoisotopic (exact) mass is 289 g/mol. The van der Waals surface area contributed by atoms with Gasteiger partial charge in [-0.1, -0.05) is 5.16 Å². The molecule has 0 fully saturated rings. The second-order valence-electron chi connectivity index (χ2n) is 4.35. The fourth-order valence-corrected chi connectivity index (χ4v) is 1.63. The molecule has 7 heteroatoms. The second-order valence-corrected chi connectivity index (χ2v) is 4.35. The molecule has 1 aromatic heterocycles. The molecule has 1 aromatic carbocycles. The minimum Gasteiger partial charge on any atom is -0.375 e. The predicted octanol–water partition coefficient (Wildman–Crippen LogP) is 1.82. The number of amides is 2. The van der Waals surface area contributed by atoms with Crippen LogP contribution in [0, 0.1) is 6.92 Å². The highest BCUT2D eigenvalue weighted by atomic mass is 16.5. The van der Waals surface area contributed by atoms with Crippen LogP contribution in [0.25, 0.3) is 0 Å². The molecule has 0 aliphatic rings. The number of hydrogen-bond acceptors (Lipinski definition) is 5. The summed E-state index contributed by atoms with van der Waals surface area (Å²) in [6.45, 7) is 1.72. The third kappa shape index (κ3) is 4.15. The lowest BCUT2D eigenvalue weighted by Crippen LogP contribution is -2.17. The number of rotatable bonds is 5. The number of nitrogens with zero attached hydrogens (tertiary/aromatic N) is 1. The van der Waals surface area contributed by atoms with Crippen molar-refractivity contribution in [2.24, 2.45) is 0 Å². The summed E-state index contributed by atoms with van der Waals surface area (Å²) in [4.78, 5) is 23.2. The largest absolute Gasteiger partial charge is 0.375 e. The zero-order valence-corrected chi connectivity index (χ0v) is 11.7. The van der Waals surface area contributed by atoms with Crippen molar-refractivity contribution in [2.75, 3.05) is 24.4 Å². The van der Waals surface area contributed by atoms with Gasteiger partial charge in [0.05, 0.1) is 5.69 Å². The van der Waals surface area contributed by atoms with Gasteiger partial charge in [0.15, 0.2) is 0 Å². The summed E-state index contributed by atoms with van der Waals surface area (Å²) in [5.41, 5.74) is 1.83. The molecule has 0 saturated carbocycles. The van der Waals surface area contributed by atoms with E-state index in [4.69, 9.17) is 9.26 Å². The number of hydrogen-bond donors (Lipinski definition) is 2. The van der Waals surface area contributed by atoms with Crippen molar-refractivity contribution in [2.45, 2.75) is 6.92 Å². The molecular weight excluding hydrogens is 274 g/mol. The average Bonchev–Trinajstić information content (AvgIpc) is 2.88. The van der Waals surface area contributed by atoms with E-state index in [-0.39, 0.29) is 24.2 Å². The van der Waals surface area contributed by atoms with Crippen LogP contribution in [-0.4, -0.2) is 30.7 Å². The zero-order valence-electron chi connectivity index (χ0n) is 11.7. The normalized spacial score (nSPS) is 10.2. The zero-order chi connectivity index (χ0) is 15.2. The van der Waals surface area contributed by atoms with Gasteiger partial charge in [-0.25, -0.2) is 0 Å². The van der Waals surface area contributed by atoms with E-state index in [1.807, 2.05) is 0 Å². The number of aryl methyl sites for hydroxylation is 1. The third-order valence-corrected chi connectivity index (χ3v) is 2.55. The highest BCUT2D eigenvalue weighted by Crippen LogP contribution is 2.15. The van der Waals surface area contributed by atoms with E-state index < -0.39 is 0 Å². The molecule has 0 spiro atoms. The molecule has 0 radical (unpaired) electrons. The van der Waals surface area contributed by atoms with Gasteiger partial charge in [-0.3, -0.25) is 9.59 Å². The van der Waals surface area contributed by atoms with E-state index in [9.17, 15) is 9.59 Å². The fraction of sp³-hybridized carbons (Fsp3) is 0.214. The van der Waals surface area contributed by atoms with Crippen LogP contribution in [0.4, 0.5) is 11.4 Å². The minimum absolute atomic E-state index is 0.0106. The Morgan fingerprint density at radius 3 is 2.33 bits per heavy atom. The summed E-state index contributed by atoms with van der Waals surface area (Å²) in [6, 6.07) is 8.24. The molecule has 2 aromatic rings. The highest BCUT2D eigenvalue weighted by molar-refractivity contribution is 6.02. The van der Waals surface area contributed by atoms with Gasteiger partial charge in [-0.15, -0.1) is 0 Å². The summed E-state index contributed by atoms with van der Waals surface area (Å²) in [5.74, 6) is -0.483. The maximum atomic E-state index is 11.8. The van der Waals surface area contributed by atoms with E-state index in [0.29, 0.717) is 17.1 Å². The van der Waals surface area contributed by atoms with Gasteiger partial charge in [0.2, 0.25) is 11.7 Å². The maximum absolute atomic E-state index is 11.8. The van der Waals surface area contributed by atoms with E-state index in [1.54, 1.807) is 37.3 Å². The molecule has 0 aliphatic carbocycles. The molecule has 1 heterocycles.